The fourth-order valence-corrected chi connectivity index (χ4v) is 6.16. The van der Waals surface area contributed by atoms with E-state index in [4.69, 9.17) is 9.47 Å². The van der Waals surface area contributed by atoms with Crippen LogP contribution in [0.4, 0.5) is 4.79 Å². The van der Waals surface area contributed by atoms with Crippen molar-refractivity contribution in [2.24, 2.45) is 5.92 Å². The van der Waals surface area contributed by atoms with Gasteiger partial charge in [0.2, 0.25) is 10.0 Å². The third kappa shape index (κ3) is 4.11. The second kappa shape index (κ2) is 7.60. The van der Waals surface area contributed by atoms with Crippen molar-refractivity contribution in [2.75, 3.05) is 7.11 Å². The van der Waals surface area contributed by atoms with Gasteiger partial charge < -0.3 is 14.8 Å². The van der Waals surface area contributed by atoms with Crippen molar-refractivity contribution in [1.29, 1.82) is 0 Å². The number of amides is 1. The van der Waals surface area contributed by atoms with E-state index in [9.17, 15) is 18.0 Å². The molecular weight excluding hydrogens is 396 g/mol. The molecule has 1 aromatic rings. The van der Waals surface area contributed by atoms with E-state index in [1.165, 1.54) is 11.4 Å². The number of nitrogens with zero attached hydrogens (tertiary/aromatic N) is 1. The van der Waals surface area contributed by atoms with Crippen molar-refractivity contribution in [3.05, 3.63) is 29.8 Å². The average Bonchev–Trinajstić information content (AvgIpc) is 3.17. The monoisotopic (exact) mass is 424 g/mol. The van der Waals surface area contributed by atoms with Gasteiger partial charge in [0.1, 0.15) is 5.60 Å². The number of carbonyl (C=O) groups excluding carboxylic acids is 2. The number of hydrogen-bond acceptors (Lipinski definition) is 6. The molecule has 2 aliphatic rings. The highest BCUT2D eigenvalue weighted by Gasteiger charge is 2.61. The van der Waals surface area contributed by atoms with Gasteiger partial charge in [0.15, 0.2) is 0 Å². The fraction of sp³-hybridized carbons (Fsp3) is 0.600. The lowest BCUT2D eigenvalue weighted by molar-refractivity contribution is -0.147. The van der Waals surface area contributed by atoms with Crippen LogP contribution in [0.25, 0.3) is 0 Å². The summed E-state index contributed by atoms with van der Waals surface area (Å²) in [6, 6.07) is 4.77. The number of fused-ring (bicyclic) bond motifs is 2. The van der Waals surface area contributed by atoms with Gasteiger partial charge in [-0.15, -0.1) is 0 Å². The number of carbonyl (C=O) groups is 2. The van der Waals surface area contributed by atoms with E-state index in [2.05, 4.69) is 5.32 Å². The number of nitrogens with one attached hydrogen (secondary N) is 1. The molecule has 0 spiro atoms. The number of rotatable bonds is 4. The summed E-state index contributed by atoms with van der Waals surface area (Å²) in [5.41, 5.74) is 0.237. The van der Waals surface area contributed by atoms with Gasteiger partial charge in [-0.3, -0.25) is 4.79 Å². The standard InChI is InChI=1S/C20H28N2O6S/c1-12-6-8-13(9-7-12)29(25,26)22-14-10-11-15(22)17(16(14)18(23)27-5)21-19(24)28-20(2,3)4/h6-9,14-17H,10-11H2,1-5H3,(H,21,24)/t14-,15+,16-,17-/m0/s1. The number of aryl methyl sites for hydroxylation is 1. The molecule has 0 unspecified atom stereocenters. The largest absolute Gasteiger partial charge is 0.469 e. The Bertz CT molecular complexity index is 891. The van der Waals surface area contributed by atoms with Gasteiger partial charge in [0, 0.05) is 12.1 Å². The predicted octanol–water partition coefficient (Wildman–Crippen LogP) is 2.21. The zero-order valence-electron chi connectivity index (χ0n) is 17.3. The van der Waals surface area contributed by atoms with Crippen LogP contribution in [0, 0.1) is 12.8 Å². The Hall–Kier alpha value is -2.13. The molecule has 0 saturated carbocycles. The number of esters is 1. The van der Waals surface area contributed by atoms with Crippen molar-refractivity contribution >= 4 is 22.1 Å². The maximum Gasteiger partial charge on any atom is 0.407 e. The summed E-state index contributed by atoms with van der Waals surface area (Å²) >= 11 is 0. The van der Waals surface area contributed by atoms with E-state index in [1.807, 2.05) is 6.92 Å². The van der Waals surface area contributed by atoms with E-state index in [1.54, 1.807) is 45.0 Å². The van der Waals surface area contributed by atoms with E-state index in [0.29, 0.717) is 12.8 Å². The molecule has 3 rings (SSSR count). The first-order valence-electron chi connectivity index (χ1n) is 9.63. The lowest BCUT2D eigenvalue weighted by Crippen LogP contribution is -2.51. The normalized spacial score (nSPS) is 26.9. The summed E-state index contributed by atoms with van der Waals surface area (Å²) in [6.45, 7) is 7.09. The molecule has 1 amide bonds. The van der Waals surface area contributed by atoms with Crippen LogP contribution in [-0.4, -0.2) is 55.6 Å². The molecule has 1 aromatic carbocycles. The summed E-state index contributed by atoms with van der Waals surface area (Å²) < 4.78 is 38.3. The molecule has 9 heteroatoms. The van der Waals surface area contributed by atoms with Crippen LogP contribution in [0.2, 0.25) is 0 Å². The third-order valence-electron chi connectivity index (χ3n) is 5.38. The van der Waals surface area contributed by atoms with Crippen LogP contribution in [0.5, 0.6) is 0 Å². The molecule has 4 atom stereocenters. The Labute approximate surface area is 171 Å². The number of alkyl carbamates (subject to hydrolysis) is 1. The van der Waals surface area contributed by atoms with E-state index >= 15 is 0 Å². The van der Waals surface area contributed by atoms with Gasteiger partial charge in [-0.1, -0.05) is 17.7 Å². The maximum absolute atomic E-state index is 13.4. The molecule has 29 heavy (non-hydrogen) atoms. The molecule has 2 heterocycles. The van der Waals surface area contributed by atoms with E-state index in [0.717, 1.165) is 5.56 Å². The quantitative estimate of drug-likeness (QED) is 0.744. The van der Waals surface area contributed by atoms with E-state index < -0.39 is 51.7 Å². The number of sulfonamides is 1. The zero-order chi connectivity index (χ0) is 21.6. The minimum absolute atomic E-state index is 0.168. The average molecular weight is 425 g/mol. The van der Waals surface area contributed by atoms with Crippen LogP contribution in [0.3, 0.4) is 0 Å². The van der Waals surface area contributed by atoms with Crippen LogP contribution >= 0.6 is 0 Å². The van der Waals surface area contributed by atoms with Crippen LogP contribution in [0.1, 0.15) is 39.2 Å². The second-order valence-electron chi connectivity index (χ2n) is 8.58. The minimum Gasteiger partial charge on any atom is -0.469 e. The third-order valence-corrected chi connectivity index (χ3v) is 7.35. The predicted molar refractivity (Wildman–Crippen MR) is 106 cm³/mol. The fourth-order valence-electron chi connectivity index (χ4n) is 4.25. The molecule has 1 N–H and O–H groups in total. The first kappa shape index (κ1) is 21.6. The lowest BCUT2D eigenvalue weighted by atomic mass is 9.84. The van der Waals surface area contributed by atoms with Gasteiger partial charge in [-0.25, -0.2) is 13.2 Å². The Balaban J connectivity index is 1.93. The van der Waals surface area contributed by atoms with E-state index in [-0.39, 0.29) is 4.90 Å². The van der Waals surface area contributed by atoms with Gasteiger partial charge in [-0.05, 0) is 52.7 Å². The zero-order valence-corrected chi connectivity index (χ0v) is 18.2. The topological polar surface area (TPSA) is 102 Å². The van der Waals surface area contributed by atoms with Crippen LogP contribution in [0.15, 0.2) is 29.2 Å². The smallest absolute Gasteiger partial charge is 0.407 e. The summed E-state index contributed by atoms with van der Waals surface area (Å²) in [6.07, 6.45) is 0.391. The number of methoxy groups -OCH3 is 1. The van der Waals surface area contributed by atoms with Gasteiger partial charge in [0.25, 0.3) is 0 Å². The Morgan fingerprint density at radius 3 is 2.24 bits per heavy atom. The summed E-state index contributed by atoms with van der Waals surface area (Å²) in [4.78, 5) is 25.0. The lowest BCUT2D eigenvalue weighted by Gasteiger charge is -2.29. The molecule has 160 valence electrons. The number of ether oxygens (including phenoxy) is 2. The van der Waals surface area contributed by atoms with Crippen LogP contribution < -0.4 is 5.32 Å². The van der Waals surface area contributed by atoms with Crippen molar-refractivity contribution in [3.63, 3.8) is 0 Å². The molecule has 2 bridgehead atoms. The minimum atomic E-state index is -3.84. The second-order valence-corrected chi connectivity index (χ2v) is 10.4. The van der Waals surface area contributed by atoms with Crippen LogP contribution in [-0.2, 0) is 24.3 Å². The highest BCUT2D eigenvalue weighted by atomic mass is 32.2. The number of hydrogen-bond donors (Lipinski definition) is 1. The molecule has 2 aliphatic heterocycles. The van der Waals surface area contributed by atoms with Crippen molar-refractivity contribution in [3.8, 4) is 0 Å². The highest BCUT2D eigenvalue weighted by Crippen LogP contribution is 2.45. The van der Waals surface area contributed by atoms with Crippen molar-refractivity contribution in [2.45, 2.75) is 69.2 Å². The SMILES string of the molecule is COC(=O)[C@@H]1[C@@H](NC(=O)OC(C)(C)C)[C@H]2CC[C@@H]1N2S(=O)(=O)c1ccc(C)cc1. The number of benzene rings is 1. The van der Waals surface area contributed by atoms with Gasteiger partial charge in [-0.2, -0.15) is 4.31 Å². The first-order chi connectivity index (χ1) is 13.5. The summed E-state index contributed by atoms with van der Waals surface area (Å²) in [5.74, 6) is -1.33. The molecular formula is C20H28N2O6S. The molecule has 2 fully saturated rings. The molecule has 8 nitrogen and oxygen atoms in total. The molecule has 2 saturated heterocycles. The van der Waals surface area contributed by atoms with Gasteiger partial charge >= 0.3 is 12.1 Å². The molecule has 0 radical (unpaired) electrons. The Morgan fingerprint density at radius 2 is 1.69 bits per heavy atom. The van der Waals surface area contributed by atoms with Crippen molar-refractivity contribution < 1.29 is 27.5 Å². The summed E-state index contributed by atoms with van der Waals surface area (Å²) in [5, 5.41) is 2.73. The Kier molecular flexibility index (Phi) is 5.66. The van der Waals surface area contributed by atoms with Crippen molar-refractivity contribution in [1.82, 2.24) is 9.62 Å². The first-order valence-corrected chi connectivity index (χ1v) is 11.1. The summed E-state index contributed by atoms with van der Waals surface area (Å²) in [7, 11) is -2.57. The highest BCUT2D eigenvalue weighted by molar-refractivity contribution is 7.89. The molecule has 0 aliphatic carbocycles. The maximum atomic E-state index is 13.4. The van der Waals surface area contributed by atoms with Gasteiger partial charge in [0.05, 0.1) is 24.0 Å². The molecule has 0 aromatic heterocycles. The Morgan fingerprint density at radius 1 is 1.10 bits per heavy atom.